The number of phenolic OH excluding ortho intramolecular Hbond substituents is 2. The van der Waals surface area contributed by atoms with Crippen LogP contribution in [0.15, 0.2) is 36.4 Å². The third kappa shape index (κ3) is 1.37. The molecule has 0 bridgehead atoms. The Hall–Kier alpha value is -2.62. The second kappa shape index (κ2) is 3.97. The number of hydrogen-bond acceptors (Lipinski definition) is 4. The van der Waals surface area contributed by atoms with Gasteiger partial charge in [0.2, 0.25) is 0 Å². The molecule has 2 atom stereocenters. The van der Waals surface area contributed by atoms with Crippen molar-refractivity contribution >= 4 is 11.6 Å². The van der Waals surface area contributed by atoms with Crippen molar-refractivity contribution in [2.75, 3.05) is 0 Å². The van der Waals surface area contributed by atoms with Crippen LogP contribution in [0.4, 0.5) is 0 Å². The van der Waals surface area contributed by atoms with Crippen molar-refractivity contribution in [3.05, 3.63) is 58.7 Å². The van der Waals surface area contributed by atoms with Crippen LogP contribution in [0.1, 0.15) is 44.7 Å². The second-order valence-electron chi connectivity index (χ2n) is 6.14. The Morgan fingerprint density at radius 2 is 1.55 bits per heavy atom. The van der Waals surface area contributed by atoms with E-state index in [4.69, 9.17) is 0 Å². The number of fused-ring (bicyclic) bond motifs is 2. The van der Waals surface area contributed by atoms with Gasteiger partial charge in [0.25, 0.3) is 0 Å². The molecule has 2 aliphatic rings. The van der Waals surface area contributed by atoms with Gasteiger partial charge in [0.05, 0.1) is 0 Å². The topological polar surface area (TPSA) is 74.6 Å². The maximum Gasteiger partial charge on any atom is 0.178 e. The summed E-state index contributed by atoms with van der Waals surface area (Å²) in [5.74, 6) is -0.483. The highest BCUT2D eigenvalue weighted by molar-refractivity contribution is 6.25. The zero-order chi connectivity index (χ0) is 15.6. The molecule has 2 aromatic carbocycles. The quantitative estimate of drug-likeness (QED) is 0.733. The van der Waals surface area contributed by atoms with Crippen LogP contribution >= 0.6 is 0 Å². The van der Waals surface area contributed by atoms with Gasteiger partial charge in [0.15, 0.2) is 11.6 Å². The molecule has 0 aromatic heterocycles. The molecule has 0 fully saturated rings. The van der Waals surface area contributed by atoms with Crippen LogP contribution in [-0.4, -0.2) is 21.8 Å². The maximum atomic E-state index is 12.9. The number of rotatable bonds is 0. The molecule has 2 N–H and O–H groups in total. The summed E-state index contributed by atoms with van der Waals surface area (Å²) < 4.78 is 0. The Labute approximate surface area is 127 Å². The Morgan fingerprint density at radius 1 is 0.955 bits per heavy atom. The fourth-order valence-corrected chi connectivity index (χ4v) is 3.92. The molecular formula is C18H14O4. The van der Waals surface area contributed by atoms with E-state index in [1.54, 1.807) is 24.3 Å². The lowest BCUT2D eigenvalue weighted by atomic mass is 9.73. The van der Waals surface area contributed by atoms with Crippen LogP contribution < -0.4 is 0 Å². The molecule has 0 radical (unpaired) electrons. The van der Waals surface area contributed by atoms with Crippen LogP contribution in [0.3, 0.4) is 0 Å². The smallest absolute Gasteiger partial charge is 0.178 e. The number of benzene rings is 2. The average Bonchev–Trinajstić information content (AvgIpc) is 2.88. The van der Waals surface area contributed by atoms with Crippen LogP contribution in [0, 0.1) is 5.41 Å². The number of aromatic hydroxyl groups is 2. The summed E-state index contributed by atoms with van der Waals surface area (Å²) in [6, 6.07) is 9.25. The summed E-state index contributed by atoms with van der Waals surface area (Å²) in [5, 5.41) is 19.3. The van der Waals surface area contributed by atoms with Crippen molar-refractivity contribution in [1.82, 2.24) is 0 Å². The number of hydrogen-bond donors (Lipinski definition) is 2. The standard InChI is InChI=1S/C18H14O4/c1-9-15-7-12(20)3-5-14(15)17(22)18(9)8-10-6-11(19)2-4-13(10)16(18)21/h2-7,9,19-20H,8H2,1H3. The van der Waals surface area contributed by atoms with E-state index in [2.05, 4.69) is 0 Å². The summed E-state index contributed by atoms with van der Waals surface area (Å²) in [5.41, 5.74) is 1.31. The Morgan fingerprint density at radius 3 is 2.27 bits per heavy atom. The fraction of sp³-hybridized carbons (Fsp3) is 0.222. The first kappa shape index (κ1) is 13.1. The van der Waals surface area contributed by atoms with Crippen molar-refractivity contribution < 1.29 is 19.8 Å². The normalized spacial score (nSPS) is 25.6. The van der Waals surface area contributed by atoms with Crippen LogP contribution in [-0.2, 0) is 6.42 Å². The molecule has 110 valence electrons. The molecule has 22 heavy (non-hydrogen) atoms. The molecule has 2 unspecified atom stereocenters. The van der Waals surface area contributed by atoms with Gasteiger partial charge in [-0.3, -0.25) is 9.59 Å². The Balaban J connectivity index is 1.91. The molecule has 2 aliphatic carbocycles. The number of phenols is 2. The Kier molecular flexibility index (Phi) is 2.36. The molecule has 2 aromatic rings. The molecular weight excluding hydrogens is 280 g/mol. The van der Waals surface area contributed by atoms with Gasteiger partial charge in [-0.15, -0.1) is 0 Å². The van der Waals surface area contributed by atoms with Gasteiger partial charge in [-0.1, -0.05) is 6.92 Å². The SMILES string of the molecule is CC1c2cc(O)ccc2C(=O)C12Cc1cc(O)ccc1C2=O. The minimum Gasteiger partial charge on any atom is -0.508 e. The Bertz CT molecular complexity index is 842. The van der Waals surface area contributed by atoms with Crippen molar-refractivity contribution in [3.63, 3.8) is 0 Å². The first-order valence-corrected chi connectivity index (χ1v) is 7.19. The molecule has 4 nitrogen and oxygen atoms in total. The molecule has 4 rings (SSSR count). The lowest BCUT2D eigenvalue weighted by Crippen LogP contribution is -2.36. The van der Waals surface area contributed by atoms with Gasteiger partial charge in [-0.2, -0.15) is 0 Å². The van der Waals surface area contributed by atoms with Crippen molar-refractivity contribution in [2.45, 2.75) is 19.3 Å². The van der Waals surface area contributed by atoms with Gasteiger partial charge < -0.3 is 10.2 Å². The highest BCUT2D eigenvalue weighted by atomic mass is 16.3. The van der Waals surface area contributed by atoms with E-state index in [1.807, 2.05) is 6.92 Å². The molecule has 1 spiro atoms. The van der Waals surface area contributed by atoms with E-state index in [1.165, 1.54) is 12.1 Å². The maximum absolute atomic E-state index is 12.9. The number of ketones is 2. The zero-order valence-electron chi connectivity index (χ0n) is 12.0. The highest BCUT2D eigenvalue weighted by Gasteiger charge is 2.59. The summed E-state index contributed by atoms with van der Waals surface area (Å²) >= 11 is 0. The third-order valence-electron chi connectivity index (χ3n) is 5.10. The molecule has 0 aliphatic heterocycles. The zero-order valence-corrected chi connectivity index (χ0v) is 12.0. The highest BCUT2D eigenvalue weighted by Crippen LogP contribution is 2.55. The van der Waals surface area contributed by atoms with Crippen molar-refractivity contribution in [2.24, 2.45) is 5.41 Å². The minimum atomic E-state index is -1.13. The van der Waals surface area contributed by atoms with E-state index >= 15 is 0 Å². The molecule has 0 saturated heterocycles. The van der Waals surface area contributed by atoms with Crippen LogP contribution in [0.2, 0.25) is 0 Å². The van der Waals surface area contributed by atoms with Gasteiger partial charge in [0, 0.05) is 17.0 Å². The van der Waals surface area contributed by atoms with E-state index in [0.717, 1.165) is 5.56 Å². The monoisotopic (exact) mass is 294 g/mol. The predicted octanol–water partition coefficient (Wildman–Crippen LogP) is 2.82. The summed E-state index contributed by atoms with van der Waals surface area (Å²) in [7, 11) is 0. The summed E-state index contributed by atoms with van der Waals surface area (Å²) in [6.45, 7) is 1.85. The van der Waals surface area contributed by atoms with Gasteiger partial charge >= 0.3 is 0 Å². The molecule has 4 heteroatoms. The number of Topliss-reactive ketones (excluding diaryl/α,β-unsaturated/α-hetero) is 2. The molecule has 0 heterocycles. The fourth-order valence-electron chi connectivity index (χ4n) is 3.92. The van der Waals surface area contributed by atoms with Gasteiger partial charge in [-0.05, 0) is 53.9 Å². The summed E-state index contributed by atoms with van der Waals surface area (Å²) in [6.07, 6.45) is 0.297. The third-order valence-corrected chi connectivity index (χ3v) is 5.10. The minimum absolute atomic E-state index is 0.0936. The summed E-state index contributed by atoms with van der Waals surface area (Å²) in [4.78, 5) is 25.9. The van der Waals surface area contributed by atoms with E-state index in [9.17, 15) is 19.8 Å². The van der Waals surface area contributed by atoms with Crippen LogP contribution in [0.5, 0.6) is 11.5 Å². The molecule has 0 saturated carbocycles. The lowest BCUT2D eigenvalue weighted by molar-refractivity contribution is 0.0675. The van der Waals surface area contributed by atoms with Gasteiger partial charge in [-0.25, -0.2) is 0 Å². The first-order valence-electron chi connectivity index (χ1n) is 7.19. The van der Waals surface area contributed by atoms with Crippen molar-refractivity contribution in [3.8, 4) is 11.5 Å². The van der Waals surface area contributed by atoms with Gasteiger partial charge in [0.1, 0.15) is 16.9 Å². The number of carbonyl (C=O) groups is 2. The van der Waals surface area contributed by atoms with E-state index in [-0.39, 0.29) is 29.0 Å². The average molecular weight is 294 g/mol. The van der Waals surface area contributed by atoms with Crippen LogP contribution in [0.25, 0.3) is 0 Å². The largest absolute Gasteiger partial charge is 0.508 e. The van der Waals surface area contributed by atoms with E-state index in [0.29, 0.717) is 23.1 Å². The first-order chi connectivity index (χ1) is 10.4. The van der Waals surface area contributed by atoms with E-state index < -0.39 is 5.41 Å². The van der Waals surface area contributed by atoms with Crippen molar-refractivity contribution in [1.29, 1.82) is 0 Å². The predicted molar refractivity (Wildman–Crippen MR) is 79.4 cm³/mol. The molecule has 0 amide bonds. The second-order valence-corrected chi connectivity index (χ2v) is 6.14. The number of carbonyl (C=O) groups excluding carboxylic acids is 2. The lowest BCUT2D eigenvalue weighted by Gasteiger charge is -2.25.